The van der Waals surface area contributed by atoms with Crippen molar-refractivity contribution < 1.29 is 4.74 Å². The van der Waals surface area contributed by atoms with E-state index in [4.69, 9.17) is 10.5 Å². The van der Waals surface area contributed by atoms with Crippen molar-refractivity contribution >= 4 is 5.69 Å². The van der Waals surface area contributed by atoms with Crippen LogP contribution in [0.2, 0.25) is 0 Å². The zero-order valence-electron chi connectivity index (χ0n) is 11.6. The Labute approximate surface area is 110 Å². The molecule has 18 heavy (non-hydrogen) atoms. The third-order valence-corrected chi connectivity index (χ3v) is 3.69. The fourth-order valence-corrected chi connectivity index (χ4v) is 3.33. The molecular formula is C15H24N2O. The lowest BCUT2D eigenvalue weighted by Crippen LogP contribution is -2.42. The fourth-order valence-electron chi connectivity index (χ4n) is 3.33. The normalized spacial score (nSPS) is 27.0. The zero-order valence-corrected chi connectivity index (χ0v) is 11.6. The molecule has 0 radical (unpaired) electrons. The summed E-state index contributed by atoms with van der Waals surface area (Å²) in [6.07, 6.45) is 5.44. The van der Waals surface area contributed by atoms with E-state index in [1.807, 2.05) is 12.1 Å². The highest BCUT2D eigenvalue weighted by Crippen LogP contribution is 2.49. The first-order chi connectivity index (χ1) is 8.49. The Morgan fingerprint density at radius 3 is 2.67 bits per heavy atom. The van der Waals surface area contributed by atoms with Crippen molar-refractivity contribution in [3.8, 4) is 5.88 Å². The van der Waals surface area contributed by atoms with Gasteiger partial charge in [0.1, 0.15) is 0 Å². The quantitative estimate of drug-likeness (QED) is 0.867. The number of rotatable bonds is 5. The standard InChI is InChI=1S/C15H24N2O/c1-11(2)6-15(7-12(3)8-15)10-18-14-5-4-13(16)9-17-14/h4-5,9,11-12H,6-8,10,16H2,1-3H3. The lowest BCUT2D eigenvalue weighted by Gasteiger charge is -2.47. The highest BCUT2D eigenvalue weighted by atomic mass is 16.5. The van der Waals surface area contributed by atoms with Crippen LogP contribution in [0, 0.1) is 17.3 Å². The summed E-state index contributed by atoms with van der Waals surface area (Å²) in [4.78, 5) is 4.19. The van der Waals surface area contributed by atoms with Gasteiger partial charge in [-0.2, -0.15) is 0 Å². The maximum atomic E-state index is 5.85. The molecule has 0 aliphatic heterocycles. The predicted octanol–water partition coefficient (Wildman–Crippen LogP) is 3.51. The Bertz CT molecular complexity index is 380. The molecule has 0 atom stereocenters. The molecular weight excluding hydrogens is 224 g/mol. The van der Waals surface area contributed by atoms with Gasteiger partial charge >= 0.3 is 0 Å². The van der Waals surface area contributed by atoms with E-state index in [-0.39, 0.29) is 0 Å². The number of hydrogen-bond acceptors (Lipinski definition) is 3. The highest BCUT2D eigenvalue weighted by molar-refractivity contribution is 5.35. The van der Waals surface area contributed by atoms with Crippen molar-refractivity contribution in [2.24, 2.45) is 17.3 Å². The van der Waals surface area contributed by atoms with Crippen LogP contribution in [0.1, 0.15) is 40.0 Å². The van der Waals surface area contributed by atoms with Gasteiger partial charge in [0, 0.05) is 11.5 Å². The predicted molar refractivity (Wildman–Crippen MR) is 74.4 cm³/mol. The topological polar surface area (TPSA) is 48.1 Å². The number of pyridine rings is 1. The second-order valence-electron chi connectivity index (χ2n) is 6.33. The second kappa shape index (κ2) is 5.17. The third kappa shape index (κ3) is 3.15. The van der Waals surface area contributed by atoms with Gasteiger partial charge in [0.15, 0.2) is 0 Å². The maximum Gasteiger partial charge on any atom is 0.213 e. The van der Waals surface area contributed by atoms with E-state index in [9.17, 15) is 0 Å². The summed E-state index contributed by atoms with van der Waals surface area (Å²) in [6, 6.07) is 3.68. The zero-order chi connectivity index (χ0) is 13.2. The van der Waals surface area contributed by atoms with E-state index < -0.39 is 0 Å². The van der Waals surface area contributed by atoms with Gasteiger partial charge in [0.25, 0.3) is 0 Å². The minimum absolute atomic E-state index is 0.372. The molecule has 1 saturated carbocycles. The molecule has 0 bridgehead atoms. The monoisotopic (exact) mass is 248 g/mol. The fraction of sp³-hybridized carbons (Fsp3) is 0.667. The second-order valence-corrected chi connectivity index (χ2v) is 6.33. The van der Waals surface area contributed by atoms with Crippen molar-refractivity contribution in [1.29, 1.82) is 0 Å². The molecule has 0 unspecified atom stereocenters. The Morgan fingerprint density at radius 2 is 2.17 bits per heavy atom. The average molecular weight is 248 g/mol. The molecule has 1 aromatic rings. The summed E-state index contributed by atoms with van der Waals surface area (Å²) in [7, 11) is 0. The van der Waals surface area contributed by atoms with Gasteiger partial charge in [0.2, 0.25) is 5.88 Å². The van der Waals surface area contributed by atoms with Crippen LogP contribution in [-0.2, 0) is 0 Å². The third-order valence-electron chi connectivity index (χ3n) is 3.69. The average Bonchev–Trinajstić information content (AvgIpc) is 2.25. The van der Waals surface area contributed by atoms with Gasteiger partial charge in [-0.3, -0.25) is 0 Å². The van der Waals surface area contributed by atoms with Gasteiger partial charge < -0.3 is 10.5 Å². The number of nitrogen functional groups attached to an aromatic ring is 1. The van der Waals surface area contributed by atoms with Gasteiger partial charge in [-0.05, 0) is 37.2 Å². The lowest BCUT2D eigenvalue weighted by molar-refractivity contribution is -0.00705. The summed E-state index contributed by atoms with van der Waals surface area (Å²) in [5.41, 5.74) is 6.66. The van der Waals surface area contributed by atoms with Gasteiger partial charge in [-0.25, -0.2) is 4.98 Å². The summed E-state index contributed by atoms with van der Waals surface area (Å²) in [5.74, 6) is 2.25. The number of nitrogens with zero attached hydrogens (tertiary/aromatic N) is 1. The molecule has 2 N–H and O–H groups in total. The Balaban J connectivity index is 1.92. The lowest BCUT2D eigenvalue weighted by atomic mass is 9.60. The van der Waals surface area contributed by atoms with Crippen molar-refractivity contribution in [2.45, 2.75) is 40.0 Å². The molecule has 1 aliphatic rings. The number of aromatic nitrogens is 1. The molecule has 0 amide bonds. The number of ether oxygens (including phenoxy) is 1. The Kier molecular flexibility index (Phi) is 3.79. The van der Waals surface area contributed by atoms with E-state index in [1.165, 1.54) is 19.3 Å². The molecule has 0 spiro atoms. The summed E-state index contributed by atoms with van der Waals surface area (Å²) >= 11 is 0. The minimum atomic E-state index is 0.372. The van der Waals surface area contributed by atoms with Crippen LogP contribution in [0.5, 0.6) is 5.88 Å². The van der Waals surface area contributed by atoms with Crippen LogP contribution in [0.15, 0.2) is 18.3 Å². The molecule has 1 aliphatic carbocycles. The Hall–Kier alpha value is -1.25. The van der Waals surface area contributed by atoms with Crippen molar-refractivity contribution in [1.82, 2.24) is 4.98 Å². The number of hydrogen-bond donors (Lipinski definition) is 1. The van der Waals surface area contributed by atoms with Crippen LogP contribution >= 0.6 is 0 Å². The van der Waals surface area contributed by atoms with Crippen LogP contribution in [0.25, 0.3) is 0 Å². The van der Waals surface area contributed by atoms with Crippen LogP contribution in [0.3, 0.4) is 0 Å². The molecule has 3 heteroatoms. The first kappa shape index (κ1) is 13.2. The molecule has 1 fully saturated rings. The first-order valence-electron chi connectivity index (χ1n) is 6.83. The molecule has 0 aromatic carbocycles. The van der Waals surface area contributed by atoms with Crippen LogP contribution in [0.4, 0.5) is 5.69 Å². The largest absolute Gasteiger partial charge is 0.477 e. The number of nitrogens with two attached hydrogens (primary N) is 1. The van der Waals surface area contributed by atoms with Crippen LogP contribution < -0.4 is 10.5 Å². The molecule has 1 aromatic heterocycles. The van der Waals surface area contributed by atoms with E-state index in [0.29, 0.717) is 17.0 Å². The van der Waals surface area contributed by atoms with Gasteiger partial charge in [0.05, 0.1) is 18.5 Å². The van der Waals surface area contributed by atoms with Crippen molar-refractivity contribution in [3.63, 3.8) is 0 Å². The molecule has 0 saturated heterocycles. The van der Waals surface area contributed by atoms with Crippen molar-refractivity contribution in [2.75, 3.05) is 12.3 Å². The summed E-state index contributed by atoms with van der Waals surface area (Å²) in [5, 5.41) is 0. The maximum absolute atomic E-state index is 5.85. The molecule has 100 valence electrons. The highest BCUT2D eigenvalue weighted by Gasteiger charge is 2.42. The summed E-state index contributed by atoms with van der Waals surface area (Å²) in [6.45, 7) is 7.67. The van der Waals surface area contributed by atoms with E-state index in [2.05, 4.69) is 25.8 Å². The smallest absolute Gasteiger partial charge is 0.213 e. The molecule has 2 rings (SSSR count). The molecule has 1 heterocycles. The van der Waals surface area contributed by atoms with Gasteiger partial charge in [-0.15, -0.1) is 0 Å². The van der Waals surface area contributed by atoms with Crippen molar-refractivity contribution in [3.05, 3.63) is 18.3 Å². The first-order valence-corrected chi connectivity index (χ1v) is 6.83. The number of anilines is 1. The molecule has 3 nitrogen and oxygen atoms in total. The SMILES string of the molecule is CC(C)CC1(COc2ccc(N)cn2)CC(C)C1. The van der Waals surface area contributed by atoms with E-state index >= 15 is 0 Å². The van der Waals surface area contributed by atoms with Gasteiger partial charge in [-0.1, -0.05) is 20.8 Å². The van der Waals surface area contributed by atoms with E-state index in [0.717, 1.165) is 18.4 Å². The minimum Gasteiger partial charge on any atom is -0.477 e. The van der Waals surface area contributed by atoms with Crippen LogP contribution in [-0.4, -0.2) is 11.6 Å². The summed E-state index contributed by atoms with van der Waals surface area (Å²) < 4.78 is 5.85. The van der Waals surface area contributed by atoms with E-state index in [1.54, 1.807) is 6.20 Å². The Morgan fingerprint density at radius 1 is 1.44 bits per heavy atom.